The Hall–Kier alpha value is -3.59. The molecule has 4 rings (SSSR count). The van der Waals surface area contributed by atoms with Gasteiger partial charge in [0.2, 0.25) is 5.69 Å². The van der Waals surface area contributed by atoms with Gasteiger partial charge in [-0.1, -0.05) is 42.5 Å². The van der Waals surface area contributed by atoms with Crippen molar-refractivity contribution in [3.8, 4) is 5.69 Å². The van der Waals surface area contributed by atoms with Crippen molar-refractivity contribution in [2.75, 3.05) is 26.3 Å². The van der Waals surface area contributed by atoms with E-state index in [1.807, 2.05) is 6.07 Å². The number of hydrogen-bond acceptors (Lipinski definition) is 5. The summed E-state index contributed by atoms with van der Waals surface area (Å²) in [4.78, 5) is 41.1. The van der Waals surface area contributed by atoms with Crippen molar-refractivity contribution in [3.63, 3.8) is 0 Å². The Morgan fingerprint density at radius 2 is 1.68 bits per heavy atom. The molecule has 1 aliphatic heterocycles. The van der Waals surface area contributed by atoms with Crippen molar-refractivity contribution >= 4 is 5.91 Å². The molecule has 31 heavy (non-hydrogen) atoms. The van der Waals surface area contributed by atoms with Crippen molar-refractivity contribution in [2.45, 2.75) is 13.0 Å². The van der Waals surface area contributed by atoms with Crippen LogP contribution in [0, 0.1) is 5.82 Å². The van der Waals surface area contributed by atoms with Crippen molar-refractivity contribution in [1.29, 1.82) is 0 Å². The zero-order chi connectivity index (χ0) is 22.0. The van der Waals surface area contributed by atoms with Crippen molar-refractivity contribution in [2.24, 2.45) is 0 Å². The topological polar surface area (TPSA) is 86.4 Å². The zero-order valence-electron chi connectivity index (χ0n) is 16.9. The molecule has 160 valence electrons. The highest BCUT2D eigenvalue weighted by atomic mass is 19.1. The molecule has 1 fully saturated rings. The van der Waals surface area contributed by atoms with Crippen LogP contribution in [0.4, 0.5) is 4.39 Å². The largest absolute Gasteiger partial charge is 0.378 e. The minimum Gasteiger partial charge on any atom is -0.378 e. The van der Waals surface area contributed by atoms with Gasteiger partial charge >= 0.3 is 5.69 Å². The van der Waals surface area contributed by atoms with E-state index in [1.54, 1.807) is 37.3 Å². The Bertz CT molecular complexity index is 1220. The molecule has 0 N–H and O–H groups in total. The number of carbonyl (C=O) groups excluding carboxylic acids is 1. The molecule has 0 radical (unpaired) electrons. The quantitative estimate of drug-likeness (QED) is 0.635. The van der Waals surface area contributed by atoms with E-state index in [9.17, 15) is 18.8 Å². The van der Waals surface area contributed by atoms with Crippen LogP contribution in [0.25, 0.3) is 5.69 Å². The average molecular weight is 424 g/mol. The average Bonchev–Trinajstić information content (AvgIpc) is 2.80. The Kier molecular flexibility index (Phi) is 5.77. The molecular formula is C22H21FN4O4. The number of para-hydroxylation sites is 1. The zero-order valence-corrected chi connectivity index (χ0v) is 16.9. The molecular weight excluding hydrogens is 403 g/mol. The van der Waals surface area contributed by atoms with Crippen LogP contribution >= 0.6 is 0 Å². The van der Waals surface area contributed by atoms with Gasteiger partial charge in [0, 0.05) is 13.1 Å². The van der Waals surface area contributed by atoms with E-state index in [4.69, 9.17) is 4.74 Å². The number of carbonyl (C=O) groups is 1. The van der Waals surface area contributed by atoms with Gasteiger partial charge in [0.15, 0.2) is 0 Å². The number of amides is 1. The van der Waals surface area contributed by atoms with Crippen LogP contribution in [0.3, 0.4) is 0 Å². The fourth-order valence-electron chi connectivity index (χ4n) is 3.54. The highest BCUT2D eigenvalue weighted by molar-refractivity contribution is 5.91. The summed E-state index contributed by atoms with van der Waals surface area (Å²) >= 11 is 0. The fraction of sp³-hybridized carbons (Fsp3) is 0.273. The summed E-state index contributed by atoms with van der Waals surface area (Å²) in [6, 6.07) is 13.8. The van der Waals surface area contributed by atoms with E-state index in [-0.39, 0.29) is 5.69 Å². The summed E-state index contributed by atoms with van der Waals surface area (Å²) in [6.45, 7) is 2.95. The predicted molar refractivity (Wildman–Crippen MR) is 111 cm³/mol. The van der Waals surface area contributed by atoms with E-state index >= 15 is 0 Å². The lowest BCUT2D eigenvalue weighted by Gasteiger charge is -2.26. The molecule has 3 aromatic rings. The second-order valence-electron chi connectivity index (χ2n) is 7.16. The molecule has 0 unspecified atom stereocenters. The van der Waals surface area contributed by atoms with Gasteiger partial charge in [0.25, 0.3) is 11.5 Å². The van der Waals surface area contributed by atoms with E-state index < -0.39 is 34.7 Å². The molecule has 0 spiro atoms. The summed E-state index contributed by atoms with van der Waals surface area (Å²) in [5.74, 6) is -1.31. The minimum absolute atomic E-state index is 0.141. The molecule has 1 atom stereocenters. The number of morpholine rings is 1. The summed E-state index contributed by atoms with van der Waals surface area (Å²) in [6.07, 6.45) is 0. The van der Waals surface area contributed by atoms with Crippen LogP contribution in [-0.2, 0) is 4.74 Å². The Labute approximate surface area is 177 Å². The normalized spacial score (nSPS) is 15.0. The Morgan fingerprint density at radius 1 is 1.03 bits per heavy atom. The molecule has 1 amide bonds. The van der Waals surface area contributed by atoms with Crippen LogP contribution in [0.1, 0.15) is 29.0 Å². The first-order valence-corrected chi connectivity index (χ1v) is 9.92. The van der Waals surface area contributed by atoms with Crippen LogP contribution in [-0.4, -0.2) is 51.5 Å². The molecule has 2 heterocycles. The number of nitrogens with zero attached hydrogens (tertiary/aromatic N) is 4. The molecule has 8 nitrogen and oxygen atoms in total. The lowest BCUT2D eigenvalue weighted by Crippen LogP contribution is -2.49. The smallest absolute Gasteiger partial charge is 0.352 e. The molecule has 1 aliphatic rings. The van der Waals surface area contributed by atoms with Crippen molar-refractivity contribution < 1.29 is 13.9 Å². The second-order valence-corrected chi connectivity index (χ2v) is 7.16. The standard InChI is InChI=1S/C22H21FN4O4/c1-15(16-7-3-2-4-8-16)26-21(29)19(20(28)25-11-13-31-14-12-25)24-27(22(26)30)18-10-6-5-9-17(18)23/h2-10,15H,11-14H2,1H3/t15-/m1/s1. The van der Waals surface area contributed by atoms with Gasteiger partial charge in [-0.05, 0) is 24.6 Å². The summed E-state index contributed by atoms with van der Waals surface area (Å²) < 4.78 is 21.5. The summed E-state index contributed by atoms with van der Waals surface area (Å²) in [5.41, 5.74) is -1.53. The second kappa shape index (κ2) is 8.65. The lowest BCUT2D eigenvalue weighted by atomic mass is 10.1. The number of halogens is 1. The first-order chi connectivity index (χ1) is 15.0. The number of ether oxygens (including phenoxy) is 1. The maximum Gasteiger partial charge on any atom is 0.352 e. The van der Waals surface area contributed by atoms with Gasteiger partial charge in [0.1, 0.15) is 11.5 Å². The highest BCUT2D eigenvalue weighted by Gasteiger charge is 2.28. The summed E-state index contributed by atoms with van der Waals surface area (Å²) in [7, 11) is 0. The number of benzene rings is 2. The van der Waals surface area contributed by atoms with Gasteiger partial charge in [-0.2, -0.15) is 9.78 Å². The third-order valence-corrected chi connectivity index (χ3v) is 5.26. The number of hydrogen-bond donors (Lipinski definition) is 0. The van der Waals surface area contributed by atoms with Gasteiger partial charge in [0.05, 0.1) is 19.3 Å². The van der Waals surface area contributed by atoms with E-state index in [0.717, 1.165) is 9.25 Å². The van der Waals surface area contributed by atoms with Crippen molar-refractivity contribution in [1.82, 2.24) is 19.2 Å². The van der Waals surface area contributed by atoms with Gasteiger partial charge < -0.3 is 9.64 Å². The predicted octanol–water partition coefficient (Wildman–Crippen LogP) is 1.61. The number of rotatable bonds is 4. The van der Waals surface area contributed by atoms with E-state index in [1.165, 1.54) is 23.1 Å². The van der Waals surface area contributed by atoms with Crippen molar-refractivity contribution in [3.05, 3.63) is 92.5 Å². The molecule has 9 heteroatoms. The maximum absolute atomic E-state index is 14.5. The minimum atomic E-state index is -0.829. The van der Waals surface area contributed by atoms with Crippen LogP contribution in [0.15, 0.2) is 64.2 Å². The SMILES string of the molecule is C[C@H](c1ccccc1)n1c(=O)c(C(=O)N2CCOCC2)nn(-c2ccccc2F)c1=O. The lowest BCUT2D eigenvalue weighted by molar-refractivity contribution is 0.0295. The monoisotopic (exact) mass is 424 g/mol. The third-order valence-electron chi connectivity index (χ3n) is 5.26. The first-order valence-electron chi connectivity index (χ1n) is 9.92. The Balaban J connectivity index is 1.94. The van der Waals surface area contributed by atoms with E-state index in [0.29, 0.717) is 31.9 Å². The van der Waals surface area contributed by atoms with Crippen LogP contribution in [0.2, 0.25) is 0 Å². The molecule has 0 saturated carbocycles. The third kappa shape index (κ3) is 3.91. The Morgan fingerprint density at radius 3 is 2.35 bits per heavy atom. The highest BCUT2D eigenvalue weighted by Crippen LogP contribution is 2.15. The first kappa shape index (κ1) is 20.7. The molecule has 0 bridgehead atoms. The molecule has 0 aliphatic carbocycles. The fourth-order valence-corrected chi connectivity index (χ4v) is 3.54. The van der Waals surface area contributed by atoms with Gasteiger partial charge in [-0.15, -0.1) is 0 Å². The van der Waals surface area contributed by atoms with E-state index in [2.05, 4.69) is 5.10 Å². The maximum atomic E-state index is 14.5. The number of aromatic nitrogens is 3. The van der Waals surface area contributed by atoms with Gasteiger partial charge in [-0.3, -0.25) is 9.59 Å². The van der Waals surface area contributed by atoms with Crippen LogP contribution in [0.5, 0.6) is 0 Å². The molecule has 1 aromatic heterocycles. The molecule has 2 aromatic carbocycles. The van der Waals surface area contributed by atoms with Crippen LogP contribution < -0.4 is 11.2 Å². The van der Waals surface area contributed by atoms with Gasteiger partial charge in [-0.25, -0.2) is 13.8 Å². The summed E-state index contributed by atoms with van der Waals surface area (Å²) in [5, 5.41) is 4.01. The molecule has 1 saturated heterocycles.